The lowest BCUT2D eigenvalue weighted by Crippen LogP contribution is -2.42. The number of amides is 2. The smallest absolute Gasteiger partial charge is 0.257 e. The predicted molar refractivity (Wildman–Crippen MR) is 105 cm³/mol. The molecule has 2 aromatic carbocycles. The fourth-order valence-corrected chi connectivity index (χ4v) is 3.66. The molecule has 1 aliphatic carbocycles. The highest BCUT2D eigenvalue weighted by molar-refractivity contribution is 6.10. The van der Waals surface area contributed by atoms with Crippen LogP contribution in [-0.2, 0) is 9.59 Å². The summed E-state index contributed by atoms with van der Waals surface area (Å²) in [4.78, 5) is 36.8. The standard InChI is InChI=1S/C22H24N2O4/c1-14-7-6-8-15(13-14)23-21(26)18-11-4-5-12-19(18)24-20(25)16-9-2-3-10-17(16)22(27)28/h4-8,11-13,16-17H,2-3,9-10H2,1H3,(H,23,26)(H,24,25)(H,27,28)/p-1/t16-,17-/m0/s1. The van der Waals surface area contributed by atoms with Gasteiger partial charge in [0.05, 0.1) is 11.3 Å². The molecule has 1 fully saturated rings. The van der Waals surface area contributed by atoms with E-state index in [0.717, 1.165) is 18.4 Å². The van der Waals surface area contributed by atoms with E-state index < -0.39 is 17.8 Å². The van der Waals surface area contributed by atoms with Gasteiger partial charge in [-0.05, 0) is 49.6 Å². The Bertz CT molecular complexity index is 894. The molecule has 6 nitrogen and oxygen atoms in total. The van der Waals surface area contributed by atoms with Gasteiger partial charge in [0.2, 0.25) is 5.91 Å². The molecule has 2 aromatic rings. The van der Waals surface area contributed by atoms with Crippen LogP contribution in [-0.4, -0.2) is 17.8 Å². The molecule has 146 valence electrons. The molecule has 1 saturated carbocycles. The molecule has 0 spiro atoms. The van der Waals surface area contributed by atoms with E-state index in [2.05, 4.69) is 10.6 Å². The van der Waals surface area contributed by atoms with Crippen molar-refractivity contribution < 1.29 is 19.5 Å². The molecule has 2 atom stereocenters. The van der Waals surface area contributed by atoms with Crippen LogP contribution in [0, 0.1) is 18.8 Å². The van der Waals surface area contributed by atoms with Crippen LogP contribution in [0.3, 0.4) is 0 Å². The van der Waals surface area contributed by atoms with Gasteiger partial charge < -0.3 is 20.5 Å². The summed E-state index contributed by atoms with van der Waals surface area (Å²) >= 11 is 0. The first-order valence-electron chi connectivity index (χ1n) is 9.44. The number of carboxylic acid groups (broad SMARTS) is 1. The summed E-state index contributed by atoms with van der Waals surface area (Å²) in [6, 6.07) is 14.1. The van der Waals surface area contributed by atoms with E-state index in [1.807, 2.05) is 25.1 Å². The average Bonchev–Trinajstić information content (AvgIpc) is 2.68. The molecule has 0 radical (unpaired) electrons. The molecular formula is C22H23N2O4-. The number of carbonyl (C=O) groups is 3. The van der Waals surface area contributed by atoms with Crippen molar-refractivity contribution in [2.45, 2.75) is 32.6 Å². The maximum absolute atomic E-state index is 12.7. The summed E-state index contributed by atoms with van der Waals surface area (Å²) in [6.45, 7) is 1.93. The quantitative estimate of drug-likeness (QED) is 0.834. The number of hydrogen-bond acceptors (Lipinski definition) is 4. The number of aliphatic carboxylic acids is 1. The van der Waals surface area contributed by atoms with E-state index >= 15 is 0 Å². The zero-order valence-corrected chi connectivity index (χ0v) is 15.7. The van der Waals surface area contributed by atoms with Gasteiger partial charge in [-0.15, -0.1) is 0 Å². The van der Waals surface area contributed by atoms with Crippen LogP contribution in [0.25, 0.3) is 0 Å². The van der Waals surface area contributed by atoms with Crippen molar-refractivity contribution in [2.75, 3.05) is 10.6 Å². The summed E-state index contributed by atoms with van der Waals surface area (Å²) < 4.78 is 0. The Morgan fingerprint density at radius 1 is 0.929 bits per heavy atom. The predicted octanol–water partition coefficient (Wildman–Crippen LogP) is 2.74. The molecule has 0 aliphatic heterocycles. The summed E-state index contributed by atoms with van der Waals surface area (Å²) in [5.41, 5.74) is 2.36. The van der Waals surface area contributed by atoms with Crippen molar-refractivity contribution in [3.63, 3.8) is 0 Å². The normalized spacial score (nSPS) is 18.9. The number of hydrogen-bond donors (Lipinski definition) is 2. The second-order valence-electron chi connectivity index (χ2n) is 7.17. The highest BCUT2D eigenvalue weighted by atomic mass is 16.4. The third-order valence-corrected chi connectivity index (χ3v) is 5.11. The third kappa shape index (κ3) is 4.57. The monoisotopic (exact) mass is 379 g/mol. The number of benzene rings is 2. The largest absolute Gasteiger partial charge is 0.550 e. The van der Waals surface area contributed by atoms with Crippen molar-refractivity contribution in [1.29, 1.82) is 0 Å². The highest BCUT2D eigenvalue weighted by Gasteiger charge is 2.32. The molecule has 1 aliphatic rings. The van der Waals surface area contributed by atoms with Crippen LogP contribution in [0.4, 0.5) is 11.4 Å². The minimum Gasteiger partial charge on any atom is -0.550 e. The van der Waals surface area contributed by atoms with Gasteiger partial charge in [-0.2, -0.15) is 0 Å². The summed E-state index contributed by atoms with van der Waals surface area (Å²) in [7, 11) is 0. The maximum atomic E-state index is 12.7. The topological polar surface area (TPSA) is 98.3 Å². The first kappa shape index (κ1) is 19.6. The van der Waals surface area contributed by atoms with E-state index in [1.54, 1.807) is 30.3 Å². The second-order valence-corrected chi connectivity index (χ2v) is 7.17. The second kappa shape index (κ2) is 8.69. The van der Waals surface area contributed by atoms with Gasteiger partial charge in [0.1, 0.15) is 0 Å². The molecule has 0 aromatic heterocycles. The fourth-order valence-electron chi connectivity index (χ4n) is 3.66. The molecule has 2 amide bonds. The number of carbonyl (C=O) groups excluding carboxylic acids is 3. The van der Waals surface area contributed by atoms with E-state index in [-0.39, 0.29) is 11.8 Å². The molecule has 6 heteroatoms. The Kier molecular flexibility index (Phi) is 6.09. The molecule has 28 heavy (non-hydrogen) atoms. The van der Waals surface area contributed by atoms with E-state index in [0.29, 0.717) is 29.8 Å². The number of anilines is 2. The number of nitrogens with one attached hydrogen (secondary N) is 2. The average molecular weight is 379 g/mol. The van der Waals surface area contributed by atoms with Crippen LogP contribution in [0.1, 0.15) is 41.6 Å². The lowest BCUT2D eigenvalue weighted by molar-refractivity contribution is -0.313. The van der Waals surface area contributed by atoms with Gasteiger partial charge in [0.25, 0.3) is 5.91 Å². The van der Waals surface area contributed by atoms with Crippen molar-refractivity contribution in [2.24, 2.45) is 11.8 Å². The molecule has 2 N–H and O–H groups in total. The van der Waals surface area contributed by atoms with Crippen molar-refractivity contribution in [3.05, 3.63) is 59.7 Å². The van der Waals surface area contributed by atoms with Gasteiger partial charge in [-0.25, -0.2) is 0 Å². The van der Waals surface area contributed by atoms with E-state index in [4.69, 9.17) is 0 Å². The molecule has 0 saturated heterocycles. The number of aryl methyl sites for hydroxylation is 1. The molecular weight excluding hydrogens is 356 g/mol. The van der Waals surface area contributed by atoms with Gasteiger partial charge >= 0.3 is 0 Å². The van der Waals surface area contributed by atoms with Crippen LogP contribution in [0.2, 0.25) is 0 Å². The SMILES string of the molecule is Cc1cccc(NC(=O)c2ccccc2NC(=O)[C@H]2CCCC[C@@H]2C(=O)[O-])c1. The van der Waals surface area contributed by atoms with Crippen molar-refractivity contribution in [3.8, 4) is 0 Å². The first-order valence-corrected chi connectivity index (χ1v) is 9.44. The lowest BCUT2D eigenvalue weighted by Gasteiger charge is -2.31. The van der Waals surface area contributed by atoms with E-state index in [9.17, 15) is 19.5 Å². The van der Waals surface area contributed by atoms with Gasteiger partial charge in [-0.3, -0.25) is 9.59 Å². The number of para-hydroxylation sites is 1. The molecule has 0 heterocycles. The molecule has 0 unspecified atom stereocenters. The fraction of sp³-hybridized carbons (Fsp3) is 0.318. The van der Waals surface area contributed by atoms with Crippen molar-refractivity contribution >= 4 is 29.2 Å². The van der Waals surface area contributed by atoms with Gasteiger partial charge in [-0.1, -0.05) is 37.1 Å². The Morgan fingerprint density at radius 2 is 1.64 bits per heavy atom. The summed E-state index contributed by atoms with van der Waals surface area (Å²) in [5, 5.41) is 16.9. The zero-order valence-electron chi connectivity index (χ0n) is 15.7. The van der Waals surface area contributed by atoms with Crippen LogP contribution in [0.5, 0.6) is 0 Å². The number of carboxylic acids is 1. The highest BCUT2D eigenvalue weighted by Crippen LogP contribution is 2.31. The lowest BCUT2D eigenvalue weighted by atomic mass is 9.78. The van der Waals surface area contributed by atoms with Crippen LogP contribution < -0.4 is 15.7 Å². The minimum absolute atomic E-state index is 0.318. The maximum Gasteiger partial charge on any atom is 0.257 e. The Labute approximate surface area is 164 Å². The summed E-state index contributed by atoms with van der Waals surface area (Å²) in [5.74, 6) is -3.36. The van der Waals surface area contributed by atoms with Gasteiger partial charge in [0.15, 0.2) is 0 Å². The minimum atomic E-state index is -1.19. The Hall–Kier alpha value is -3.15. The van der Waals surface area contributed by atoms with Gasteiger partial charge in [0, 0.05) is 23.5 Å². The Morgan fingerprint density at radius 3 is 2.36 bits per heavy atom. The van der Waals surface area contributed by atoms with Crippen LogP contribution >= 0.6 is 0 Å². The van der Waals surface area contributed by atoms with Crippen LogP contribution in [0.15, 0.2) is 48.5 Å². The molecule has 3 rings (SSSR count). The molecule has 0 bridgehead atoms. The third-order valence-electron chi connectivity index (χ3n) is 5.11. The number of rotatable bonds is 5. The van der Waals surface area contributed by atoms with E-state index in [1.165, 1.54) is 0 Å². The Balaban J connectivity index is 1.77. The first-order chi connectivity index (χ1) is 13.5. The van der Waals surface area contributed by atoms with Crippen molar-refractivity contribution in [1.82, 2.24) is 0 Å². The summed E-state index contributed by atoms with van der Waals surface area (Å²) in [6.07, 6.45) is 2.52. The zero-order chi connectivity index (χ0) is 20.1.